The number of hydrogen-bond donors (Lipinski definition) is 0. The Hall–Kier alpha value is -4.16. The van der Waals surface area contributed by atoms with Gasteiger partial charge in [-0.2, -0.15) is 5.26 Å². The van der Waals surface area contributed by atoms with E-state index in [2.05, 4.69) is 14.8 Å². The van der Waals surface area contributed by atoms with E-state index >= 15 is 0 Å². The summed E-state index contributed by atoms with van der Waals surface area (Å²) < 4.78 is 11.6. The maximum atomic E-state index is 8.83. The molecule has 0 aromatic carbocycles. The summed E-state index contributed by atoms with van der Waals surface area (Å²) in [6.07, 6.45) is 3.01. The maximum Gasteiger partial charge on any atom is 0.205 e. The highest BCUT2D eigenvalue weighted by Crippen LogP contribution is 2.31. The molecule has 0 radical (unpaired) electrons. The van der Waals surface area contributed by atoms with Crippen LogP contribution in [0.1, 0.15) is 5.56 Å². The monoisotopic (exact) mass is 338 g/mol. The van der Waals surface area contributed by atoms with E-state index in [0.29, 0.717) is 45.7 Å². The van der Waals surface area contributed by atoms with Crippen LogP contribution in [0, 0.1) is 17.9 Å². The molecular formula is C20H10N4O2. The minimum absolute atomic E-state index is 0.478. The number of pyridine rings is 2. The number of furan rings is 2. The van der Waals surface area contributed by atoms with E-state index in [0.717, 1.165) is 0 Å². The van der Waals surface area contributed by atoms with Gasteiger partial charge in [0.1, 0.15) is 17.5 Å². The molecule has 0 atom stereocenters. The van der Waals surface area contributed by atoms with Crippen molar-refractivity contribution < 1.29 is 8.83 Å². The summed E-state index contributed by atoms with van der Waals surface area (Å²) in [5.41, 5.74) is 2.25. The van der Waals surface area contributed by atoms with E-state index in [4.69, 9.17) is 20.7 Å². The highest BCUT2D eigenvalue weighted by Gasteiger charge is 2.13. The smallest absolute Gasteiger partial charge is 0.205 e. The molecule has 0 aliphatic carbocycles. The van der Waals surface area contributed by atoms with Crippen molar-refractivity contribution in [3.63, 3.8) is 0 Å². The van der Waals surface area contributed by atoms with Gasteiger partial charge in [0.05, 0.1) is 12.1 Å². The molecule has 4 aromatic rings. The van der Waals surface area contributed by atoms with Crippen LogP contribution < -0.4 is 0 Å². The van der Waals surface area contributed by atoms with Crippen molar-refractivity contribution in [2.75, 3.05) is 0 Å². The minimum atomic E-state index is 0.478. The molecule has 0 saturated carbocycles. The molecule has 4 aromatic heterocycles. The third kappa shape index (κ3) is 2.83. The summed E-state index contributed by atoms with van der Waals surface area (Å²) in [4.78, 5) is 11.8. The van der Waals surface area contributed by atoms with E-state index < -0.39 is 0 Å². The molecule has 4 rings (SSSR count). The zero-order valence-electron chi connectivity index (χ0n) is 13.4. The molecule has 0 aliphatic rings. The van der Waals surface area contributed by atoms with Crippen LogP contribution >= 0.6 is 0 Å². The average molecular weight is 338 g/mol. The van der Waals surface area contributed by atoms with E-state index in [1.165, 1.54) is 12.4 Å². The maximum absolute atomic E-state index is 8.83. The molecule has 0 bridgehead atoms. The molecule has 0 saturated heterocycles. The van der Waals surface area contributed by atoms with Crippen molar-refractivity contribution in [2.45, 2.75) is 0 Å². The SMILES string of the molecule is [C-]#[N+]c1ccc(-c2ccc(-c3ccc(-c4ccc(C#N)cn4)o3)o2)nc1. The summed E-state index contributed by atoms with van der Waals surface area (Å²) in [7, 11) is 0. The van der Waals surface area contributed by atoms with E-state index in [-0.39, 0.29) is 0 Å². The predicted molar refractivity (Wildman–Crippen MR) is 93.8 cm³/mol. The molecular weight excluding hydrogens is 328 g/mol. The zero-order chi connectivity index (χ0) is 17.9. The molecule has 26 heavy (non-hydrogen) atoms. The number of rotatable bonds is 3. The first-order valence-electron chi connectivity index (χ1n) is 7.67. The van der Waals surface area contributed by atoms with E-state index in [9.17, 15) is 0 Å². The zero-order valence-corrected chi connectivity index (χ0v) is 13.4. The van der Waals surface area contributed by atoms with Gasteiger partial charge in [-0.1, -0.05) is 6.07 Å². The van der Waals surface area contributed by atoms with Crippen molar-refractivity contribution in [1.29, 1.82) is 5.26 Å². The van der Waals surface area contributed by atoms with Gasteiger partial charge in [0, 0.05) is 12.4 Å². The molecule has 0 unspecified atom stereocenters. The van der Waals surface area contributed by atoms with E-state index in [1.54, 1.807) is 48.5 Å². The van der Waals surface area contributed by atoms with Crippen LogP contribution in [0.2, 0.25) is 0 Å². The standard InChI is InChI=1S/C20H10N4O2/c1-22-14-3-5-16(24-12-14)18-7-9-20(26-18)19-8-6-17(25-19)15-4-2-13(10-21)11-23-15/h2-9,11-12H. The van der Waals surface area contributed by atoms with Gasteiger partial charge in [-0.3, -0.25) is 9.97 Å². The normalized spacial score (nSPS) is 10.2. The quantitative estimate of drug-likeness (QED) is 0.486. The first kappa shape index (κ1) is 15.4. The molecule has 0 N–H and O–H groups in total. The van der Waals surface area contributed by atoms with E-state index in [1.807, 2.05) is 6.07 Å². The van der Waals surface area contributed by atoms with Crippen LogP contribution in [0.25, 0.3) is 39.3 Å². The molecule has 0 aliphatic heterocycles. The van der Waals surface area contributed by atoms with Gasteiger partial charge in [-0.05, 0) is 42.5 Å². The predicted octanol–water partition coefficient (Wildman–Crippen LogP) is 5.09. The van der Waals surface area contributed by atoms with Crippen LogP contribution in [-0.4, -0.2) is 9.97 Å². The number of nitriles is 1. The Morgan fingerprint density at radius 3 is 1.81 bits per heavy atom. The lowest BCUT2D eigenvalue weighted by atomic mass is 10.2. The van der Waals surface area contributed by atoms with Crippen molar-refractivity contribution in [3.05, 3.63) is 77.9 Å². The molecule has 6 nitrogen and oxygen atoms in total. The molecule has 6 heteroatoms. The highest BCUT2D eigenvalue weighted by molar-refractivity contribution is 5.63. The fourth-order valence-electron chi connectivity index (χ4n) is 2.42. The Morgan fingerprint density at radius 1 is 0.769 bits per heavy atom. The van der Waals surface area contributed by atoms with Gasteiger partial charge in [-0.15, -0.1) is 0 Å². The van der Waals surface area contributed by atoms with Crippen molar-refractivity contribution in [3.8, 4) is 40.5 Å². The number of hydrogen-bond acceptors (Lipinski definition) is 5. The Bertz CT molecular complexity index is 1050. The second-order valence-electron chi connectivity index (χ2n) is 5.39. The lowest BCUT2D eigenvalue weighted by molar-refractivity contribution is 0.537. The Balaban J connectivity index is 1.61. The summed E-state index contributed by atoms with van der Waals surface area (Å²) in [5, 5.41) is 8.83. The molecule has 4 heterocycles. The van der Waals surface area contributed by atoms with Gasteiger partial charge in [0.15, 0.2) is 23.0 Å². The summed E-state index contributed by atoms with van der Waals surface area (Å²) >= 11 is 0. The lowest BCUT2D eigenvalue weighted by Gasteiger charge is -1.97. The van der Waals surface area contributed by atoms with Gasteiger partial charge in [0.2, 0.25) is 5.69 Å². The van der Waals surface area contributed by atoms with Crippen molar-refractivity contribution in [1.82, 2.24) is 9.97 Å². The second kappa shape index (κ2) is 6.39. The molecule has 0 fully saturated rings. The lowest BCUT2D eigenvalue weighted by Crippen LogP contribution is -1.82. The van der Waals surface area contributed by atoms with Gasteiger partial charge in [0.25, 0.3) is 0 Å². The average Bonchev–Trinajstić information content (AvgIpc) is 3.38. The topological polar surface area (TPSA) is 80.2 Å². The highest BCUT2D eigenvalue weighted by atomic mass is 16.4. The largest absolute Gasteiger partial charge is 0.451 e. The van der Waals surface area contributed by atoms with Gasteiger partial charge in [-0.25, -0.2) is 4.85 Å². The third-order valence-corrected chi connectivity index (χ3v) is 3.73. The molecule has 122 valence electrons. The Morgan fingerprint density at radius 2 is 1.35 bits per heavy atom. The first-order valence-corrected chi connectivity index (χ1v) is 7.67. The van der Waals surface area contributed by atoms with Crippen LogP contribution in [-0.2, 0) is 0 Å². The molecule has 0 spiro atoms. The second-order valence-corrected chi connectivity index (χ2v) is 5.39. The van der Waals surface area contributed by atoms with Gasteiger partial charge < -0.3 is 8.83 Å². The van der Waals surface area contributed by atoms with Crippen LogP contribution in [0.5, 0.6) is 0 Å². The molecule has 0 amide bonds. The number of aromatic nitrogens is 2. The number of nitrogens with zero attached hydrogens (tertiary/aromatic N) is 4. The Labute approximate surface area is 148 Å². The van der Waals surface area contributed by atoms with Gasteiger partial charge >= 0.3 is 0 Å². The first-order chi connectivity index (χ1) is 12.8. The fraction of sp³-hybridized carbons (Fsp3) is 0. The summed E-state index contributed by atoms with van der Waals surface area (Å²) in [6.45, 7) is 6.96. The summed E-state index contributed by atoms with van der Waals surface area (Å²) in [5.74, 6) is 2.30. The summed E-state index contributed by atoms with van der Waals surface area (Å²) in [6, 6.07) is 16.1. The van der Waals surface area contributed by atoms with Crippen LogP contribution in [0.4, 0.5) is 5.69 Å². The third-order valence-electron chi connectivity index (χ3n) is 3.73. The fourth-order valence-corrected chi connectivity index (χ4v) is 2.42. The van der Waals surface area contributed by atoms with Crippen molar-refractivity contribution in [2.24, 2.45) is 0 Å². The minimum Gasteiger partial charge on any atom is -0.451 e. The van der Waals surface area contributed by atoms with Crippen LogP contribution in [0.15, 0.2) is 69.8 Å². The van der Waals surface area contributed by atoms with Crippen molar-refractivity contribution >= 4 is 5.69 Å². The van der Waals surface area contributed by atoms with Crippen LogP contribution in [0.3, 0.4) is 0 Å². The Kier molecular flexibility index (Phi) is 3.78.